The van der Waals surface area contributed by atoms with Crippen molar-refractivity contribution in [2.45, 2.75) is 13.8 Å². The molecular formula is C7H9NO3. The third-order valence-electron chi connectivity index (χ3n) is 1.16. The number of hydrogen-bond acceptors (Lipinski definition) is 3. The fraction of sp³-hybridized carbons (Fsp3) is 0.286. The fourth-order valence-corrected chi connectivity index (χ4v) is 0.530. The van der Waals surface area contributed by atoms with E-state index in [1.807, 2.05) is 0 Å². The molecule has 0 rings (SSSR count). The van der Waals surface area contributed by atoms with Crippen LogP contribution in [-0.4, -0.2) is 11.2 Å². The minimum Gasteiger partial charge on any atom is -0.298 e. The zero-order valence-electron chi connectivity index (χ0n) is 6.40. The van der Waals surface area contributed by atoms with E-state index in [1.54, 1.807) is 13.0 Å². The van der Waals surface area contributed by atoms with Crippen molar-refractivity contribution in [3.05, 3.63) is 33.5 Å². The molecule has 0 saturated heterocycles. The average molecular weight is 155 g/mol. The quantitative estimate of drug-likeness (QED) is 0.203. The van der Waals surface area contributed by atoms with Crippen molar-refractivity contribution in [1.82, 2.24) is 0 Å². The molecule has 0 aliphatic rings. The van der Waals surface area contributed by atoms with Crippen LogP contribution in [0.25, 0.3) is 0 Å². The smallest absolute Gasteiger partial charge is 0.253 e. The Labute approximate surface area is 64.4 Å². The molecule has 0 heterocycles. The predicted octanol–water partition coefficient (Wildman–Crippen LogP) is 1.31. The summed E-state index contributed by atoms with van der Waals surface area (Å²) in [4.78, 5) is 19.8. The Balaban J connectivity index is 4.82. The molecular weight excluding hydrogens is 146 g/mol. The zero-order chi connectivity index (χ0) is 8.85. The molecule has 4 heteroatoms. The molecule has 0 atom stereocenters. The Morgan fingerprint density at radius 3 is 2.36 bits per heavy atom. The second-order valence-electron chi connectivity index (χ2n) is 1.92. The van der Waals surface area contributed by atoms with Gasteiger partial charge in [-0.1, -0.05) is 6.08 Å². The molecule has 60 valence electrons. The van der Waals surface area contributed by atoms with Crippen molar-refractivity contribution >= 4 is 6.29 Å². The molecule has 0 radical (unpaired) electrons. The van der Waals surface area contributed by atoms with Gasteiger partial charge < -0.3 is 0 Å². The summed E-state index contributed by atoms with van der Waals surface area (Å²) in [6.45, 7) is 2.99. The fourth-order valence-electron chi connectivity index (χ4n) is 0.530. The van der Waals surface area contributed by atoms with Crippen LogP contribution in [0.3, 0.4) is 0 Å². The highest BCUT2D eigenvalue weighted by Crippen LogP contribution is 2.02. The minimum absolute atomic E-state index is 0.109. The lowest BCUT2D eigenvalue weighted by molar-refractivity contribution is -0.424. The number of allylic oxidation sites excluding steroid dienone is 4. The Kier molecular flexibility index (Phi) is 3.80. The maximum Gasteiger partial charge on any atom is 0.253 e. The first kappa shape index (κ1) is 9.55. The molecule has 0 fully saturated rings. The second kappa shape index (κ2) is 4.38. The second-order valence-corrected chi connectivity index (χ2v) is 1.92. The van der Waals surface area contributed by atoms with Crippen molar-refractivity contribution < 1.29 is 9.72 Å². The lowest BCUT2D eigenvalue weighted by Crippen LogP contribution is -1.98. The van der Waals surface area contributed by atoms with E-state index >= 15 is 0 Å². The van der Waals surface area contributed by atoms with Crippen LogP contribution in [0.5, 0.6) is 0 Å². The molecule has 0 unspecified atom stereocenters. The Morgan fingerprint density at radius 1 is 1.55 bits per heavy atom. The lowest BCUT2D eigenvalue weighted by atomic mass is 10.2. The van der Waals surface area contributed by atoms with Crippen LogP contribution in [0, 0.1) is 10.1 Å². The molecule has 0 saturated carbocycles. The van der Waals surface area contributed by atoms with E-state index in [9.17, 15) is 14.9 Å². The van der Waals surface area contributed by atoms with Gasteiger partial charge in [0, 0.05) is 6.92 Å². The van der Waals surface area contributed by atoms with Crippen LogP contribution < -0.4 is 0 Å². The Morgan fingerprint density at radius 2 is 2.09 bits per heavy atom. The first-order chi connectivity index (χ1) is 5.13. The van der Waals surface area contributed by atoms with E-state index < -0.39 is 4.92 Å². The first-order valence-corrected chi connectivity index (χ1v) is 3.06. The Hall–Kier alpha value is -1.45. The van der Waals surface area contributed by atoms with Gasteiger partial charge in [0.15, 0.2) is 6.29 Å². The SMILES string of the molecule is C/C=C\C(C=O)=C(/C)[N+](=O)[O-]. The van der Waals surface area contributed by atoms with Gasteiger partial charge >= 0.3 is 0 Å². The molecule has 0 aromatic carbocycles. The van der Waals surface area contributed by atoms with E-state index in [-0.39, 0.29) is 11.3 Å². The molecule has 0 amide bonds. The van der Waals surface area contributed by atoms with E-state index in [4.69, 9.17) is 0 Å². The van der Waals surface area contributed by atoms with E-state index in [1.165, 1.54) is 13.0 Å². The monoisotopic (exact) mass is 155 g/mol. The highest BCUT2D eigenvalue weighted by Gasteiger charge is 2.07. The molecule has 0 N–H and O–H groups in total. The van der Waals surface area contributed by atoms with Crippen LogP contribution in [0.1, 0.15) is 13.8 Å². The number of rotatable bonds is 3. The standard InChI is InChI=1S/C7H9NO3/c1-3-4-7(5-9)6(2)8(10)11/h3-5H,1-2H3/b4-3-,7-6-. The van der Waals surface area contributed by atoms with Crippen molar-refractivity contribution in [1.29, 1.82) is 0 Å². The first-order valence-electron chi connectivity index (χ1n) is 3.06. The summed E-state index contributed by atoms with van der Waals surface area (Å²) in [7, 11) is 0. The van der Waals surface area contributed by atoms with Crippen LogP contribution in [0.4, 0.5) is 0 Å². The summed E-state index contributed by atoms with van der Waals surface area (Å²) in [5, 5.41) is 10.1. The predicted molar refractivity (Wildman–Crippen MR) is 40.6 cm³/mol. The van der Waals surface area contributed by atoms with Gasteiger partial charge in [0.1, 0.15) is 0 Å². The summed E-state index contributed by atoms with van der Waals surface area (Å²) < 4.78 is 0. The van der Waals surface area contributed by atoms with Crippen LogP contribution in [0.15, 0.2) is 23.4 Å². The number of aldehydes is 1. The van der Waals surface area contributed by atoms with Gasteiger partial charge in [-0.3, -0.25) is 14.9 Å². The van der Waals surface area contributed by atoms with Crippen molar-refractivity contribution in [2.24, 2.45) is 0 Å². The molecule has 11 heavy (non-hydrogen) atoms. The van der Waals surface area contributed by atoms with Crippen LogP contribution >= 0.6 is 0 Å². The van der Waals surface area contributed by atoms with E-state index in [2.05, 4.69) is 0 Å². The maximum absolute atomic E-state index is 10.2. The third kappa shape index (κ3) is 2.75. The highest BCUT2D eigenvalue weighted by atomic mass is 16.6. The van der Waals surface area contributed by atoms with Gasteiger partial charge in [0.25, 0.3) is 5.70 Å². The number of carbonyl (C=O) groups excluding carboxylic acids is 1. The van der Waals surface area contributed by atoms with Gasteiger partial charge in [0.2, 0.25) is 0 Å². The number of hydrogen-bond donors (Lipinski definition) is 0. The third-order valence-corrected chi connectivity index (χ3v) is 1.16. The number of carbonyl (C=O) groups is 1. The van der Waals surface area contributed by atoms with Crippen LogP contribution in [-0.2, 0) is 4.79 Å². The highest BCUT2D eigenvalue weighted by molar-refractivity contribution is 5.77. The maximum atomic E-state index is 10.2. The average Bonchev–Trinajstić information content (AvgIpc) is 1.98. The van der Waals surface area contributed by atoms with Crippen LogP contribution in [0.2, 0.25) is 0 Å². The Bertz CT molecular complexity index is 228. The molecule has 0 spiro atoms. The molecule has 0 bridgehead atoms. The van der Waals surface area contributed by atoms with Gasteiger partial charge in [-0.05, 0) is 13.0 Å². The summed E-state index contributed by atoms with van der Waals surface area (Å²) in [5.74, 6) is 0. The normalized spacial score (nSPS) is 12.9. The largest absolute Gasteiger partial charge is 0.298 e. The summed E-state index contributed by atoms with van der Waals surface area (Å²) in [6, 6.07) is 0. The molecule has 4 nitrogen and oxygen atoms in total. The summed E-state index contributed by atoms with van der Waals surface area (Å²) in [6.07, 6.45) is 3.46. The number of nitrogens with zero attached hydrogens (tertiary/aromatic N) is 1. The molecule has 0 aromatic heterocycles. The van der Waals surface area contributed by atoms with Gasteiger partial charge in [-0.15, -0.1) is 0 Å². The molecule has 0 aliphatic heterocycles. The van der Waals surface area contributed by atoms with Crippen molar-refractivity contribution in [3.63, 3.8) is 0 Å². The summed E-state index contributed by atoms with van der Waals surface area (Å²) >= 11 is 0. The lowest BCUT2D eigenvalue weighted by Gasteiger charge is -1.90. The summed E-state index contributed by atoms with van der Waals surface area (Å²) in [5.41, 5.74) is -0.0180. The molecule has 0 aliphatic carbocycles. The van der Waals surface area contributed by atoms with Gasteiger partial charge in [-0.25, -0.2) is 0 Å². The van der Waals surface area contributed by atoms with E-state index in [0.717, 1.165) is 0 Å². The van der Waals surface area contributed by atoms with Crippen molar-refractivity contribution in [2.75, 3.05) is 0 Å². The topological polar surface area (TPSA) is 60.2 Å². The van der Waals surface area contributed by atoms with Gasteiger partial charge in [0.05, 0.1) is 10.5 Å². The van der Waals surface area contributed by atoms with E-state index in [0.29, 0.717) is 6.29 Å². The zero-order valence-corrected chi connectivity index (χ0v) is 6.40. The number of nitro groups is 1. The van der Waals surface area contributed by atoms with Crippen molar-refractivity contribution in [3.8, 4) is 0 Å². The molecule has 0 aromatic rings. The minimum atomic E-state index is -0.580. The van der Waals surface area contributed by atoms with Gasteiger partial charge in [-0.2, -0.15) is 0 Å².